The molecule has 0 amide bonds. The average molecular weight is 417 g/mol. The first-order valence-electron chi connectivity index (χ1n) is 8.81. The maximum Gasteiger partial charge on any atom is 0.244 e. The van der Waals surface area contributed by atoms with E-state index in [-0.39, 0.29) is 12.4 Å². The highest BCUT2D eigenvalue weighted by Gasteiger charge is 2.16. The summed E-state index contributed by atoms with van der Waals surface area (Å²) < 4.78 is 4.02. The van der Waals surface area contributed by atoms with Crippen LogP contribution in [0.15, 0.2) is 53.0 Å². The Morgan fingerprint density at radius 2 is 1.93 bits per heavy atom. The molecule has 0 aliphatic rings. The lowest BCUT2D eigenvalue weighted by Gasteiger charge is -2.21. The minimum atomic E-state index is 0. The van der Waals surface area contributed by atoms with Crippen LogP contribution < -0.4 is 21.9 Å². The van der Waals surface area contributed by atoms with Gasteiger partial charge in [0.25, 0.3) is 0 Å². The summed E-state index contributed by atoms with van der Waals surface area (Å²) in [5, 5.41) is 18.2. The van der Waals surface area contributed by atoms with E-state index in [9.17, 15) is 0 Å². The Bertz CT molecular complexity index is 1020. The van der Waals surface area contributed by atoms with Crippen molar-refractivity contribution < 1.29 is 17.0 Å². The van der Waals surface area contributed by atoms with E-state index in [1.807, 2.05) is 66.0 Å². The summed E-state index contributed by atoms with van der Waals surface area (Å²) >= 11 is 6.25. The van der Waals surface area contributed by atoms with Gasteiger partial charge in [-0.25, -0.2) is 9.13 Å². The minimum Gasteiger partial charge on any atom is -1.00 e. The van der Waals surface area contributed by atoms with Crippen LogP contribution in [0.1, 0.15) is 13.3 Å². The monoisotopic (exact) mass is 416 g/mol. The molecule has 0 N–H and O–H groups in total. The molecule has 2 aromatic carbocycles. The molecule has 0 spiro atoms. The Hall–Kier alpha value is -2.62. The normalized spacial score (nSPS) is 10.8. The van der Waals surface area contributed by atoms with E-state index < -0.39 is 0 Å². The molecule has 28 heavy (non-hydrogen) atoms. The van der Waals surface area contributed by atoms with Crippen LogP contribution in [0.4, 0.5) is 17.1 Å². The Morgan fingerprint density at radius 1 is 1.21 bits per heavy atom. The standard InChI is InChI=1S/C20H22ClN6.ClH/c1-4-27(11-5-10-22)17-8-6-16(7-9-17)23-24-18-12-15(21)13-19-20(18)26(3)14-25(19)2;/h6-9,12-14H,4-5,11H2,1-3H3;1H/q+1;/p-1. The molecular formula is C20H22Cl2N6. The fourth-order valence-corrected chi connectivity index (χ4v) is 3.36. The lowest BCUT2D eigenvalue weighted by molar-refractivity contribution is -0.645. The van der Waals surface area contributed by atoms with Gasteiger partial charge in [-0.2, -0.15) is 10.4 Å². The molecule has 146 valence electrons. The zero-order valence-electron chi connectivity index (χ0n) is 16.1. The maximum absolute atomic E-state index is 8.78. The van der Waals surface area contributed by atoms with E-state index in [2.05, 4.69) is 28.1 Å². The molecule has 0 atom stereocenters. The lowest BCUT2D eigenvalue weighted by atomic mass is 10.2. The average Bonchev–Trinajstić information content (AvgIpc) is 2.95. The highest BCUT2D eigenvalue weighted by atomic mass is 35.5. The van der Waals surface area contributed by atoms with Crippen LogP contribution in [0, 0.1) is 11.3 Å². The molecule has 3 aromatic rings. The highest BCUT2D eigenvalue weighted by Crippen LogP contribution is 2.30. The molecule has 0 aliphatic heterocycles. The van der Waals surface area contributed by atoms with E-state index in [0.717, 1.165) is 41.2 Å². The van der Waals surface area contributed by atoms with Gasteiger partial charge in [-0.15, -0.1) is 5.11 Å². The highest BCUT2D eigenvalue weighted by molar-refractivity contribution is 6.31. The summed E-state index contributed by atoms with van der Waals surface area (Å²) in [6.45, 7) is 3.65. The lowest BCUT2D eigenvalue weighted by Crippen LogP contribution is -3.00. The predicted octanol–water partition coefficient (Wildman–Crippen LogP) is 1.82. The van der Waals surface area contributed by atoms with Crippen LogP contribution >= 0.6 is 11.6 Å². The largest absolute Gasteiger partial charge is 1.00 e. The number of aryl methyl sites for hydroxylation is 2. The van der Waals surface area contributed by atoms with Gasteiger partial charge in [-0.1, -0.05) is 11.6 Å². The van der Waals surface area contributed by atoms with Gasteiger partial charge in [-0.3, -0.25) is 0 Å². The van der Waals surface area contributed by atoms with Gasteiger partial charge >= 0.3 is 0 Å². The van der Waals surface area contributed by atoms with Crippen molar-refractivity contribution in [2.24, 2.45) is 24.3 Å². The quantitative estimate of drug-likeness (QED) is 0.454. The molecule has 0 saturated carbocycles. The van der Waals surface area contributed by atoms with Crippen molar-refractivity contribution in [2.75, 3.05) is 18.0 Å². The van der Waals surface area contributed by atoms with Gasteiger partial charge in [0, 0.05) is 29.9 Å². The molecule has 8 heteroatoms. The van der Waals surface area contributed by atoms with Crippen LogP contribution in [0.3, 0.4) is 0 Å². The molecule has 1 heterocycles. The topological polar surface area (TPSA) is 60.6 Å². The molecular weight excluding hydrogens is 395 g/mol. The number of anilines is 1. The van der Waals surface area contributed by atoms with Crippen molar-refractivity contribution in [1.82, 2.24) is 4.57 Å². The van der Waals surface area contributed by atoms with Gasteiger partial charge in [0.05, 0.1) is 32.3 Å². The number of benzene rings is 2. The van der Waals surface area contributed by atoms with Crippen molar-refractivity contribution >= 4 is 39.7 Å². The first kappa shape index (κ1) is 21.7. The van der Waals surface area contributed by atoms with Crippen molar-refractivity contribution in [3.8, 4) is 6.07 Å². The Morgan fingerprint density at radius 3 is 2.57 bits per heavy atom. The van der Waals surface area contributed by atoms with Crippen molar-refractivity contribution in [1.29, 1.82) is 5.26 Å². The van der Waals surface area contributed by atoms with Crippen LogP contribution in [0.2, 0.25) is 5.02 Å². The van der Waals surface area contributed by atoms with Crippen LogP contribution in [0.5, 0.6) is 0 Å². The second kappa shape index (κ2) is 9.54. The SMILES string of the molecule is CCN(CCC#N)c1ccc(N=Nc2cc(Cl)cc3c2[n+](C)cn3C)cc1.[Cl-]. The summed E-state index contributed by atoms with van der Waals surface area (Å²) in [7, 11) is 3.95. The minimum absolute atomic E-state index is 0. The number of nitriles is 1. The van der Waals surface area contributed by atoms with Gasteiger partial charge in [0.1, 0.15) is 5.69 Å². The molecule has 3 rings (SSSR count). The van der Waals surface area contributed by atoms with Crippen LogP contribution in [-0.4, -0.2) is 17.7 Å². The molecule has 0 aliphatic carbocycles. The number of imidazole rings is 1. The Balaban J connectivity index is 0.00000280. The Kier molecular flexibility index (Phi) is 7.38. The number of fused-ring (bicyclic) bond motifs is 1. The number of hydrogen-bond acceptors (Lipinski definition) is 4. The predicted molar refractivity (Wildman–Crippen MR) is 108 cm³/mol. The fourth-order valence-electron chi connectivity index (χ4n) is 3.15. The van der Waals surface area contributed by atoms with E-state index in [4.69, 9.17) is 16.9 Å². The molecule has 1 aromatic heterocycles. The van der Waals surface area contributed by atoms with Gasteiger partial charge in [-0.05, 0) is 37.3 Å². The van der Waals surface area contributed by atoms with Crippen LogP contribution in [-0.2, 0) is 14.1 Å². The summed E-state index contributed by atoms with van der Waals surface area (Å²) in [5.41, 5.74) is 4.56. The van der Waals surface area contributed by atoms with Gasteiger partial charge < -0.3 is 17.3 Å². The van der Waals surface area contributed by atoms with Crippen molar-refractivity contribution in [2.45, 2.75) is 13.3 Å². The second-order valence-electron chi connectivity index (χ2n) is 6.33. The van der Waals surface area contributed by atoms with Crippen LogP contribution in [0.25, 0.3) is 11.0 Å². The number of hydrogen-bond donors (Lipinski definition) is 0. The van der Waals surface area contributed by atoms with E-state index in [0.29, 0.717) is 11.4 Å². The Labute approximate surface area is 176 Å². The molecule has 0 saturated heterocycles. The molecule has 0 bridgehead atoms. The molecule has 0 unspecified atom stereocenters. The third kappa shape index (κ3) is 4.61. The third-order valence-electron chi connectivity index (χ3n) is 4.48. The number of rotatable bonds is 6. The van der Waals surface area contributed by atoms with E-state index in [1.54, 1.807) is 0 Å². The first-order chi connectivity index (χ1) is 13.0. The van der Waals surface area contributed by atoms with Crippen molar-refractivity contribution in [3.05, 3.63) is 47.7 Å². The van der Waals surface area contributed by atoms with E-state index in [1.165, 1.54) is 0 Å². The molecule has 0 radical (unpaired) electrons. The maximum atomic E-state index is 8.78. The summed E-state index contributed by atoms with van der Waals surface area (Å²) in [6.07, 6.45) is 2.49. The molecule has 0 fully saturated rings. The fraction of sp³-hybridized carbons (Fsp3) is 0.300. The number of azo groups is 1. The van der Waals surface area contributed by atoms with Crippen molar-refractivity contribution in [3.63, 3.8) is 0 Å². The van der Waals surface area contributed by atoms with Gasteiger partial charge in [0.15, 0.2) is 5.52 Å². The third-order valence-corrected chi connectivity index (χ3v) is 4.70. The van der Waals surface area contributed by atoms with E-state index >= 15 is 0 Å². The summed E-state index contributed by atoms with van der Waals surface area (Å²) in [6, 6.07) is 13.8. The van der Waals surface area contributed by atoms with Gasteiger partial charge in [0.2, 0.25) is 11.8 Å². The molecule has 6 nitrogen and oxygen atoms in total. The zero-order chi connectivity index (χ0) is 19.4. The summed E-state index contributed by atoms with van der Waals surface area (Å²) in [4.78, 5) is 2.16. The smallest absolute Gasteiger partial charge is 0.244 e. The summed E-state index contributed by atoms with van der Waals surface area (Å²) in [5.74, 6) is 0. The number of aromatic nitrogens is 2. The number of nitrogens with zero attached hydrogens (tertiary/aromatic N) is 6. The number of halogens is 2. The zero-order valence-corrected chi connectivity index (χ0v) is 17.6. The first-order valence-corrected chi connectivity index (χ1v) is 9.19. The second-order valence-corrected chi connectivity index (χ2v) is 6.77.